The Hall–Kier alpha value is -2.59. The van der Waals surface area contributed by atoms with Crippen molar-refractivity contribution in [3.05, 3.63) is 12.0 Å². The number of nitrogens with one attached hydrogen (secondary N) is 1. The van der Waals surface area contributed by atoms with Crippen molar-refractivity contribution in [2.24, 2.45) is 0 Å². The summed E-state index contributed by atoms with van der Waals surface area (Å²) < 4.78 is 21.2. The van der Waals surface area contributed by atoms with Crippen molar-refractivity contribution in [3.8, 4) is 0 Å². The average Bonchev–Trinajstić information content (AvgIpc) is 3.12. The van der Waals surface area contributed by atoms with Gasteiger partial charge in [0.05, 0.1) is 19.4 Å². The summed E-state index contributed by atoms with van der Waals surface area (Å²) in [6.07, 6.45) is -6.03. The van der Waals surface area contributed by atoms with Crippen LogP contribution in [0.2, 0.25) is 0 Å². The summed E-state index contributed by atoms with van der Waals surface area (Å²) in [6.45, 7) is -0.767. The number of carbonyl (C=O) groups excluding carboxylic acids is 1. The maximum absolute atomic E-state index is 12.2. The number of hydrogen-bond acceptors (Lipinski definition) is 10. The molecule has 0 bridgehead atoms. The highest BCUT2D eigenvalue weighted by Gasteiger charge is 2.45. The quantitative estimate of drug-likeness (QED) is 0.171. The van der Waals surface area contributed by atoms with Crippen molar-refractivity contribution in [2.45, 2.75) is 37.0 Å². The molecule has 9 N–H and O–H groups in total. The lowest BCUT2D eigenvalue weighted by Crippen LogP contribution is -2.42. The third kappa shape index (κ3) is 5.51. The summed E-state index contributed by atoms with van der Waals surface area (Å²) in [5, 5.41) is 39.7. The second kappa shape index (κ2) is 9.05. The Kier molecular flexibility index (Phi) is 7.14. The molecule has 2 rings (SSSR count). The monoisotopic (exact) mass is 454 g/mol. The molecular formula is C13H19N4O12P. The largest absolute Gasteiger partial charge is 0.481 e. The molecule has 1 aromatic heterocycles. The van der Waals surface area contributed by atoms with Crippen LogP contribution in [0.15, 0.2) is 6.33 Å². The Morgan fingerprint density at radius 2 is 1.93 bits per heavy atom. The highest BCUT2D eigenvalue weighted by Crippen LogP contribution is 2.38. The minimum Gasteiger partial charge on any atom is -0.481 e. The van der Waals surface area contributed by atoms with Gasteiger partial charge in [-0.15, -0.1) is 0 Å². The Bertz CT molecular complexity index is 868. The molecule has 168 valence electrons. The van der Waals surface area contributed by atoms with Crippen LogP contribution in [0.3, 0.4) is 0 Å². The number of nitrogens with two attached hydrogens (primary N) is 1. The molecule has 5 atom stereocenters. The van der Waals surface area contributed by atoms with Crippen molar-refractivity contribution in [1.29, 1.82) is 0 Å². The molecule has 0 aliphatic carbocycles. The van der Waals surface area contributed by atoms with Crippen LogP contribution in [0.4, 0.5) is 5.82 Å². The molecule has 1 aromatic rings. The number of aromatic nitrogens is 2. The van der Waals surface area contributed by atoms with E-state index in [0.29, 0.717) is 0 Å². The van der Waals surface area contributed by atoms with Crippen molar-refractivity contribution >= 4 is 31.5 Å². The number of aliphatic carboxylic acids is 2. The highest BCUT2D eigenvalue weighted by molar-refractivity contribution is 7.46. The number of phosphoric ester groups is 1. The van der Waals surface area contributed by atoms with Crippen molar-refractivity contribution in [1.82, 2.24) is 14.9 Å². The third-order valence-electron chi connectivity index (χ3n) is 4.05. The standard InChI is InChI=1S/C13H19N4O12P/c14-10-7(11(22)16-4(13(23)24)1-6(18)19)15-3-17(10)12-9(21)8(20)5(29-12)2-28-30(25,26)27/h3-5,8-9,12,20-21H,1-2,14H2,(H,16,22)(H,18,19)(H,23,24)(H2,25,26,27)/t4-,5+,8+,9+,12?/m0/s1. The molecule has 1 unspecified atom stereocenters. The lowest BCUT2D eigenvalue weighted by atomic mass is 10.1. The first-order valence-electron chi connectivity index (χ1n) is 8.11. The molecule has 2 heterocycles. The molecule has 1 saturated heterocycles. The minimum absolute atomic E-state index is 0.417. The molecule has 1 aliphatic heterocycles. The van der Waals surface area contributed by atoms with E-state index < -0.39 is 80.8 Å². The summed E-state index contributed by atoms with van der Waals surface area (Å²) in [7, 11) is -4.87. The zero-order valence-electron chi connectivity index (χ0n) is 14.9. The van der Waals surface area contributed by atoms with Crippen molar-refractivity contribution in [3.63, 3.8) is 0 Å². The first-order valence-corrected chi connectivity index (χ1v) is 9.64. The van der Waals surface area contributed by atoms with Gasteiger partial charge in [-0.3, -0.25) is 18.7 Å². The van der Waals surface area contributed by atoms with E-state index in [1.54, 1.807) is 0 Å². The number of anilines is 1. The van der Waals surface area contributed by atoms with Gasteiger partial charge in [0.25, 0.3) is 5.91 Å². The normalized spacial score (nSPS) is 25.1. The zero-order valence-corrected chi connectivity index (χ0v) is 15.8. The third-order valence-corrected chi connectivity index (χ3v) is 4.53. The maximum Gasteiger partial charge on any atom is 0.469 e. The number of imidazole rings is 1. The Labute approximate surface area is 167 Å². The fraction of sp³-hybridized carbons (Fsp3) is 0.538. The van der Waals surface area contributed by atoms with Crippen LogP contribution < -0.4 is 11.1 Å². The van der Waals surface area contributed by atoms with Gasteiger partial charge in [-0.2, -0.15) is 0 Å². The number of ether oxygens (including phenoxy) is 1. The van der Waals surface area contributed by atoms with Gasteiger partial charge >= 0.3 is 19.8 Å². The van der Waals surface area contributed by atoms with Crippen LogP contribution in [0.5, 0.6) is 0 Å². The summed E-state index contributed by atoms with van der Waals surface area (Å²) in [6, 6.07) is -1.76. The molecule has 0 saturated carbocycles. The summed E-state index contributed by atoms with van der Waals surface area (Å²) in [4.78, 5) is 55.1. The molecule has 0 aromatic carbocycles. The highest BCUT2D eigenvalue weighted by atomic mass is 31.2. The molecule has 17 heteroatoms. The molecule has 1 amide bonds. The number of rotatable bonds is 9. The molecule has 1 fully saturated rings. The first kappa shape index (κ1) is 23.7. The number of carboxylic acids is 2. The van der Waals surface area contributed by atoms with Crippen molar-refractivity contribution < 1.29 is 58.4 Å². The molecule has 0 spiro atoms. The molecule has 0 radical (unpaired) electrons. The molecular weight excluding hydrogens is 435 g/mol. The maximum atomic E-state index is 12.2. The minimum atomic E-state index is -4.87. The molecule has 16 nitrogen and oxygen atoms in total. The lowest BCUT2D eigenvalue weighted by Gasteiger charge is -2.18. The lowest BCUT2D eigenvalue weighted by molar-refractivity contribution is -0.145. The van der Waals surface area contributed by atoms with Gasteiger partial charge in [0, 0.05) is 0 Å². The first-order chi connectivity index (χ1) is 13.8. The number of carbonyl (C=O) groups is 3. The molecule has 30 heavy (non-hydrogen) atoms. The van der Waals surface area contributed by atoms with E-state index in [4.69, 9.17) is 30.5 Å². The smallest absolute Gasteiger partial charge is 0.469 e. The number of phosphoric acid groups is 1. The second-order valence-electron chi connectivity index (χ2n) is 6.18. The van der Waals surface area contributed by atoms with E-state index in [-0.39, 0.29) is 0 Å². The van der Waals surface area contributed by atoms with E-state index in [1.165, 1.54) is 0 Å². The van der Waals surface area contributed by atoms with Gasteiger partial charge in [-0.25, -0.2) is 14.3 Å². The van der Waals surface area contributed by atoms with Gasteiger partial charge < -0.3 is 46.0 Å². The van der Waals surface area contributed by atoms with E-state index in [9.17, 15) is 29.2 Å². The van der Waals surface area contributed by atoms with Crippen LogP contribution >= 0.6 is 7.82 Å². The van der Waals surface area contributed by atoms with Gasteiger partial charge in [-0.05, 0) is 0 Å². The van der Waals surface area contributed by atoms with E-state index in [0.717, 1.165) is 10.9 Å². The Morgan fingerprint density at radius 3 is 2.47 bits per heavy atom. The SMILES string of the molecule is Nc1c(C(=O)N[C@@H](CC(=O)O)C(=O)O)ncn1C1O[C@H](COP(=O)(O)O)[C@@H](O)[C@H]1O. The number of aliphatic hydroxyl groups is 2. The fourth-order valence-electron chi connectivity index (χ4n) is 2.62. The Balaban J connectivity index is 2.16. The average molecular weight is 454 g/mol. The number of hydrogen-bond donors (Lipinski definition) is 8. The topological polar surface area (TPSA) is 264 Å². The number of nitrogen functional groups attached to an aromatic ring is 1. The number of carboxylic acid groups (broad SMARTS) is 2. The van der Waals surface area contributed by atoms with Gasteiger partial charge in [0.2, 0.25) is 0 Å². The van der Waals surface area contributed by atoms with Gasteiger partial charge in [-0.1, -0.05) is 0 Å². The number of nitrogens with zero attached hydrogens (tertiary/aromatic N) is 2. The van der Waals surface area contributed by atoms with Crippen LogP contribution in [-0.4, -0.2) is 88.6 Å². The van der Waals surface area contributed by atoms with Crippen LogP contribution in [-0.2, 0) is 23.4 Å². The summed E-state index contributed by atoms with van der Waals surface area (Å²) >= 11 is 0. The number of aliphatic hydroxyl groups excluding tert-OH is 2. The van der Waals surface area contributed by atoms with Crippen LogP contribution in [0.25, 0.3) is 0 Å². The van der Waals surface area contributed by atoms with Crippen molar-refractivity contribution in [2.75, 3.05) is 12.3 Å². The fourth-order valence-corrected chi connectivity index (χ4v) is 2.96. The van der Waals surface area contributed by atoms with E-state index in [2.05, 4.69) is 9.51 Å². The second-order valence-corrected chi connectivity index (χ2v) is 7.42. The predicted octanol–water partition coefficient (Wildman–Crippen LogP) is -3.15. The zero-order chi connectivity index (χ0) is 22.8. The van der Waals surface area contributed by atoms with E-state index >= 15 is 0 Å². The number of amides is 1. The summed E-state index contributed by atoms with van der Waals surface area (Å²) in [5.41, 5.74) is 5.27. The van der Waals surface area contributed by atoms with Gasteiger partial charge in [0.15, 0.2) is 11.9 Å². The molecule has 1 aliphatic rings. The summed E-state index contributed by atoms with van der Waals surface area (Å²) in [5.74, 6) is -4.61. The van der Waals surface area contributed by atoms with Crippen LogP contribution in [0, 0.1) is 0 Å². The van der Waals surface area contributed by atoms with Crippen LogP contribution in [0.1, 0.15) is 23.1 Å². The van der Waals surface area contributed by atoms with E-state index in [1.807, 2.05) is 5.32 Å². The van der Waals surface area contributed by atoms with Gasteiger partial charge in [0.1, 0.15) is 30.2 Å². The predicted molar refractivity (Wildman–Crippen MR) is 91.7 cm³/mol. The Morgan fingerprint density at radius 1 is 1.30 bits per heavy atom.